The molecule has 0 atom stereocenters. The van der Waals surface area contributed by atoms with Crippen molar-refractivity contribution in [3.63, 3.8) is 0 Å². The van der Waals surface area contributed by atoms with Gasteiger partial charge in [-0.15, -0.1) is 0 Å². The van der Waals surface area contributed by atoms with E-state index in [1.54, 1.807) is 12.1 Å². The molecule has 0 amide bonds. The minimum atomic E-state index is -0.577. The summed E-state index contributed by atoms with van der Waals surface area (Å²) >= 11 is 0. The molecule has 0 N–H and O–H groups in total. The molecule has 0 bridgehead atoms. The maximum Gasteiger partial charge on any atom is 0.270 e. The van der Waals surface area contributed by atoms with E-state index in [0.29, 0.717) is 11.1 Å². The highest BCUT2D eigenvalue weighted by Gasteiger charge is 2.11. The van der Waals surface area contributed by atoms with Gasteiger partial charge < -0.3 is 0 Å². The molecule has 1 aromatic heterocycles. The predicted molar refractivity (Wildman–Crippen MR) is 84.9 cm³/mol. The quantitative estimate of drug-likeness (QED) is 0.535. The highest BCUT2D eigenvalue weighted by molar-refractivity contribution is 5.79. The van der Waals surface area contributed by atoms with Crippen LogP contribution in [0.4, 0.5) is 11.4 Å². The molecule has 0 saturated carbocycles. The summed E-state index contributed by atoms with van der Waals surface area (Å²) in [4.78, 5) is 37.0. The van der Waals surface area contributed by atoms with Crippen LogP contribution in [-0.4, -0.2) is 19.4 Å². The van der Waals surface area contributed by atoms with Crippen molar-refractivity contribution >= 4 is 22.3 Å². The van der Waals surface area contributed by atoms with Gasteiger partial charge in [0.1, 0.15) is 0 Å². The molecule has 1 heterocycles. The second kappa shape index (κ2) is 5.88. The predicted octanol–water partition coefficient (Wildman–Crippen LogP) is 2.26. The Balaban J connectivity index is 2.00. The topological polar surface area (TPSA) is 121 Å². The fourth-order valence-corrected chi connectivity index (χ4v) is 2.29. The Kier molecular flexibility index (Phi) is 3.74. The number of aromatic nitrogens is 2. The standard InChI is InChI=1S/C15H10N4O5/c20-15-13-7-12(19(23)24)5-6-14(13)16-9-17(15)8-10-1-3-11(4-2-10)18(21)22/h1-7,9H,8H2. The van der Waals surface area contributed by atoms with Crippen LogP contribution < -0.4 is 5.56 Å². The Labute approximate surface area is 134 Å². The van der Waals surface area contributed by atoms with Crippen molar-refractivity contribution in [1.82, 2.24) is 9.55 Å². The normalized spacial score (nSPS) is 10.7. The Morgan fingerprint density at radius 3 is 2.21 bits per heavy atom. The van der Waals surface area contributed by atoms with Crippen molar-refractivity contribution in [2.45, 2.75) is 6.54 Å². The fraction of sp³-hybridized carbons (Fsp3) is 0.0667. The van der Waals surface area contributed by atoms with Crippen molar-refractivity contribution in [2.24, 2.45) is 0 Å². The van der Waals surface area contributed by atoms with E-state index in [2.05, 4.69) is 4.98 Å². The Hall–Kier alpha value is -3.62. The van der Waals surface area contributed by atoms with Gasteiger partial charge in [-0.1, -0.05) is 12.1 Å². The molecule has 3 aromatic rings. The molecule has 24 heavy (non-hydrogen) atoms. The van der Waals surface area contributed by atoms with Gasteiger partial charge in [-0.2, -0.15) is 0 Å². The summed E-state index contributed by atoms with van der Waals surface area (Å²) < 4.78 is 1.30. The van der Waals surface area contributed by atoms with E-state index >= 15 is 0 Å². The number of nitrogens with zero attached hydrogens (tertiary/aromatic N) is 4. The van der Waals surface area contributed by atoms with E-state index in [1.807, 2.05) is 0 Å². The number of hydrogen-bond donors (Lipinski definition) is 0. The van der Waals surface area contributed by atoms with Gasteiger partial charge in [0.15, 0.2) is 0 Å². The van der Waals surface area contributed by atoms with Crippen LogP contribution in [0.5, 0.6) is 0 Å². The summed E-state index contributed by atoms with van der Waals surface area (Å²) in [6, 6.07) is 9.68. The summed E-state index contributed by atoms with van der Waals surface area (Å²) in [7, 11) is 0. The lowest BCUT2D eigenvalue weighted by molar-refractivity contribution is -0.385. The lowest BCUT2D eigenvalue weighted by atomic mass is 10.2. The molecule has 3 rings (SSSR count). The zero-order valence-corrected chi connectivity index (χ0v) is 12.2. The molecule has 2 aromatic carbocycles. The molecular weight excluding hydrogens is 316 g/mol. The second-order valence-corrected chi connectivity index (χ2v) is 5.06. The number of rotatable bonds is 4. The van der Waals surface area contributed by atoms with E-state index in [-0.39, 0.29) is 23.3 Å². The van der Waals surface area contributed by atoms with Crippen molar-refractivity contribution in [1.29, 1.82) is 0 Å². The summed E-state index contributed by atoms with van der Waals surface area (Å²) in [5, 5.41) is 21.6. The molecule has 0 spiro atoms. The molecule has 0 aliphatic carbocycles. The van der Waals surface area contributed by atoms with Crippen molar-refractivity contribution < 1.29 is 9.85 Å². The van der Waals surface area contributed by atoms with Crippen LogP contribution in [0.1, 0.15) is 5.56 Å². The third-order valence-corrected chi connectivity index (χ3v) is 3.52. The van der Waals surface area contributed by atoms with E-state index in [4.69, 9.17) is 0 Å². The first kappa shape index (κ1) is 15.3. The molecule has 0 aliphatic heterocycles. The zero-order valence-electron chi connectivity index (χ0n) is 12.2. The molecule has 0 fully saturated rings. The Morgan fingerprint density at radius 1 is 0.958 bits per heavy atom. The second-order valence-electron chi connectivity index (χ2n) is 5.06. The van der Waals surface area contributed by atoms with Gasteiger partial charge in [-0.25, -0.2) is 4.98 Å². The Bertz CT molecular complexity index is 1010. The number of fused-ring (bicyclic) bond motifs is 1. The van der Waals surface area contributed by atoms with Crippen LogP contribution >= 0.6 is 0 Å². The Morgan fingerprint density at radius 2 is 1.58 bits per heavy atom. The minimum absolute atomic E-state index is 0.0432. The SMILES string of the molecule is O=c1c2cc([N+](=O)[O-])ccc2ncn1Cc1ccc([N+](=O)[O-])cc1. The number of nitro groups is 2. The third kappa shape index (κ3) is 2.82. The summed E-state index contributed by atoms with van der Waals surface area (Å²) in [6.45, 7) is 0.155. The van der Waals surface area contributed by atoms with Gasteiger partial charge >= 0.3 is 0 Å². The van der Waals surface area contributed by atoms with Gasteiger partial charge in [-0.05, 0) is 11.6 Å². The fourth-order valence-electron chi connectivity index (χ4n) is 2.29. The van der Waals surface area contributed by atoms with Gasteiger partial charge in [-0.3, -0.25) is 29.6 Å². The van der Waals surface area contributed by atoms with Crippen LogP contribution in [0.25, 0.3) is 10.9 Å². The lowest BCUT2D eigenvalue weighted by Crippen LogP contribution is -2.21. The number of non-ortho nitro benzene ring substituents is 2. The number of hydrogen-bond acceptors (Lipinski definition) is 6. The molecule has 0 unspecified atom stereocenters. The molecule has 0 radical (unpaired) electrons. The minimum Gasteiger partial charge on any atom is -0.294 e. The van der Waals surface area contributed by atoms with Gasteiger partial charge in [0.25, 0.3) is 16.9 Å². The molecule has 9 nitrogen and oxygen atoms in total. The van der Waals surface area contributed by atoms with E-state index in [0.717, 1.165) is 0 Å². The molecule has 0 aliphatic rings. The monoisotopic (exact) mass is 326 g/mol. The average molecular weight is 326 g/mol. The maximum atomic E-state index is 12.5. The van der Waals surface area contributed by atoms with Crippen molar-refractivity contribution in [2.75, 3.05) is 0 Å². The first-order valence-corrected chi connectivity index (χ1v) is 6.82. The van der Waals surface area contributed by atoms with Gasteiger partial charge in [0, 0.05) is 24.3 Å². The molecule has 0 saturated heterocycles. The molecule has 120 valence electrons. The summed E-state index contributed by atoms with van der Waals surface area (Å²) in [6.07, 6.45) is 1.35. The summed E-state index contributed by atoms with van der Waals surface area (Å²) in [5.41, 5.74) is 0.398. The third-order valence-electron chi connectivity index (χ3n) is 3.52. The van der Waals surface area contributed by atoms with Gasteiger partial charge in [0.05, 0.1) is 33.6 Å². The van der Waals surface area contributed by atoms with Crippen LogP contribution in [-0.2, 0) is 6.54 Å². The van der Waals surface area contributed by atoms with E-state index in [1.165, 1.54) is 41.2 Å². The first-order chi connectivity index (χ1) is 11.5. The zero-order chi connectivity index (χ0) is 17.3. The van der Waals surface area contributed by atoms with Gasteiger partial charge in [0.2, 0.25) is 0 Å². The largest absolute Gasteiger partial charge is 0.294 e. The van der Waals surface area contributed by atoms with E-state index in [9.17, 15) is 25.0 Å². The van der Waals surface area contributed by atoms with E-state index < -0.39 is 15.4 Å². The van der Waals surface area contributed by atoms with Crippen LogP contribution in [0.15, 0.2) is 53.6 Å². The summed E-state index contributed by atoms with van der Waals surface area (Å²) in [5.74, 6) is 0. The molecule has 9 heteroatoms. The smallest absolute Gasteiger partial charge is 0.270 e. The molecular formula is C15H10N4O5. The van der Waals surface area contributed by atoms with Crippen LogP contribution in [0, 0.1) is 20.2 Å². The lowest BCUT2D eigenvalue weighted by Gasteiger charge is -2.06. The highest BCUT2D eigenvalue weighted by Crippen LogP contribution is 2.17. The maximum absolute atomic E-state index is 12.5. The van der Waals surface area contributed by atoms with Crippen molar-refractivity contribution in [3.8, 4) is 0 Å². The number of benzene rings is 2. The van der Waals surface area contributed by atoms with Crippen LogP contribution in [0.2, 0.25) is 0 Å². The van der Waals surface area contributed by atoms with Crippen LogP contribution in [0.3, 0.4) is 0 Å². The average Bonchev–Trinajstić information content (AvgIpc) is 2.57. The number of nitro benzene ring substituents is 2. The highest BCUT2D eigenvalue weighted by atomic mass is 16.6. The first-order valence-electron chi connectivity index (χ1n) is 6.82. The van der Waals surface area contributed by atoms with Crippen molar-refractivity contribution in [3.05, 3.63) is 84.9 Å².